The minimum atomic E-state index is -0.435. The molecule has 1 amide bonds. The maximum atomic E-state index is 12.4. The van der Waals surface area contributed by atoms with Gasteiger partial charge in [0, 0.05) is 46.3 Å². The van der Waals surface area contributed by atoms with Gasteiger partial charge in [-0.05, 0) is 38.1 Å². The van der Waals surface area contributed by atoms with E-state index in [4.69, 9.17) is 0 Å². The third kappa shape index (κ3) is 4.13. The summed E-state index contributed by atoms with van der Waals surface area (Å²) in [6.07, 6.45) is 0. The Bertz CT molecular complexity index is 1270. The number of fused-ring (bicyclic) bond motifs is 1. The summed E-state index contributed by atoms with van der Waals surface area (Å²) in [5, 5.41) is 3.01. The number of carbonyl (C=O) groups excluding carboxylic acids is 1. The van der Waals surface area contributed by atoms with Crippen molar-refractivity contribution < 1.29 is 4.79 Å². The fourth-order valence-corrected chi connectivity index (χ4v) is 4.07. The molecule has 1 fully saturated rings. The van der Waals surface area contributed by atoms with E-state index in [0.29, 0.717) is 29.8 Å². The number of hydrogen-bond donors (Lipinski definition) is 2. The summed E-state index contributed by atoms with van der Waals surface area (Å²) in [6, 6.07) is 7.29. The van der Waals surface area contributed by atoms with Crippen LogP contribution in [0.4, 0.5) is 5.69 Å². The van der Waals surface area contributed by atoms with Crippen molar-refractivity contribution in [3.63, 3.8) is 0 Å². The van der Waals surface area contributed by atoms with E-state index in [1.807, 2.05) is 19.1 Å². The van der Waals surface area contributed by atoms with Crippen LogP contribution in [0.3, 0.4) is 0 Å². The third-order valence-corrected chi connectivity index (χ3v) is 5.83. The molecule has 0 spiro atoms. The molecular weight excluding hydrogens is 410 g/mol. The lowest BCUT2D eigenvalue weighted by molar-refractivity contribution is 0.0958. The van der Waals surface area contributed by atoms with Crippen LogP contribution >= 0.6 is 0 Å². The summed E-state index contributed by atoms with van der Waals surface area (Å²) in [7, 11) is 1.59. The van der Waals surface area contributed by atoms with Crippen LogP contribution in [0.15, 0.2) is 33.9 Å². The first-order valence-electron chi connectivity index (χ1n) is 10.7. The quantitative estimate of drug-likeness (QED) is 0.597. The van der Waals surface area contributed by atoms with Crippen LogP contribution in [0.1, 0.15) is 28.8 Å². The average molecular weight is 438 g/mol. The van der Waals surface area contributed by atoms with Crippen molar-refractivity contribution in [2.45, 2.75) is 26.9 Å². The van der Waals surface area contributed by atoms with Gasteiger partial charge in [0.05, 0.1) is 22.5 Å². The van der Waals surface area contributed by atoms with Crippen molar-refractivity contribution >= 4 is 22.6 Å². The molecule has 3 aromatic rings. The van der Waals surface area contributed by atoms with E-state index in [2.05, 4.69) is 30.1 Å². The minimum Gasteiger partial charge on any atom is -0.368 e. The minimum absolute atomic E-state index is 0.192. The van der Waals surface area contributed by atoms with Crippen molar-refractivity contribution in [2.24, 2.45) is 0 Å². The maximum absolute atomic E-state index is 12.4. The molecule has 4 rings (SSSR count). The zero-order chi connectivity index (χ0) is 22.8. The number of H-pyrrole nitrogens is 1. The molecule has 0 aliphatic carbocycles. The molecule has 0 saturated carbocycles. The molecule has 1 aliphatic rings. The Morgan fingerprint density at radius 2 is 1.84 bits per heavy atom. The zero-order valence-corrected chi connectivity index (χ0v) is 18.5. The Hall–Kier alpha value is -3.53. The van der Waals surface area contributed by atoms with Gasteiger partial charge < -0.3 is 10.2 Å². The van der Waals surface area contributed by atoms with Gasteiger partial charge in [-0.1, -0.05) is 0 Å². The highest BCUT2D eigenvalue weighted by Gasteiger charge is 2.20. The number of anilines is 1. The molecule has 0 aromatic carbocycles. The lowest BCUT2D eigenvalue weighted by Gasteiger charge is -2.36. The molecule has 0 bridgehead atoms. The molecule has 0 atom stereocenters. The highest BCUT2D eigenvalue weighted by Crippen LogP contribution is 2.21. The van der Waals surface area contributed by atoms with Crippen molar-refractivity contribution in [3.05, 3.63) is 62.2 Å². The van der Waals surface area contributed by atoms with Gasteiger partial charge in [0.2, 0.25) is 0 Å². The first kappa shape index (κ1) is 21.7. The largest absolute Gasteiger partial charge is 0.368 e. The van der Waals surface area contributed by atoms with Gasteiger partial charge in [-0.3, -0.25) is 24.0 Å². The van der Waals surface area contributed by atoms with Crippen LogP contribution in [-0.4, -0.2) is 63.6 Å². The van der Waals surface area contributed by atoms with Crippen molar-refractivity contribution in [3.8, 4) is 0 Å². The Labute approximate surface area is 184 Å². The number of nitrogens with one attached hydrogen (secondary N) is 2. The van der Waals surface area contributed by atoms with Crippen LogP contribution < -0.4 is 21.5 Å². The zero-order valence-electron chi connectivity index (χ0n) is 18.5. The number of hydrogen-bond acceptors (Lipinski definition) is 7. The van der Waals surface area contributed by atoms with Gasteiger partial charge in [0.25, 0.3) is 11.5 Å². The SMILES string of the molecule is CCn1c(=O)[nH]c2nc(CN3CCN(c4ccc(C(=O)NC)nc4C)CC3)ccc2c1=O. The monoisotopic (exact) mass is 437 g/mol. The molecule has 2 N–H and O–H groups in total. The topological polar surface area (TPSA) is 116 Å². The number of aryl methyl sites for hydroxylation is 1. The van der Waals surface area contributed by atoms with Crippen LogP contribution in [0.5, 0.6) is 0 Å². The summed E-state index contributed by atoms with van der Waals surface area (Å²) >= 11 is 0. The first-order chi connectivity index (χ1) is 15.4. The Kier molecular flexibility index (Phi) is 6.04. The van der Waals surface area contributed by atoms with Crippen LogP contribution in [-0.2, 0) is 13.1 Å². The fourth-order valence-electron chi connectivity index (χ4n) is 4.07. The van der Waals surface area contributed by atoms with Crippen LogP contribution in [0, 0.1) is 6.92 Å². The summed E-state index contributed by atoms with van der Waals surface area (Å²) in [6.45, 7) is 7.96. The Balaban J connectivity index is 1.44. The molecular formula is C22H27N7O3. The van der Waals surface area contributed by atoms with Crippen molar-refractivity contribution in [2.75, 3.05) is 38.1 Å². The van der Waals surface area contributed by atoms with Gasteiger partial charge in [0.1, 0.15) is 11.3 Å². The number of rotatable bonds is 5. The molecule has 0 radical (unpaired) electrons. The van der Waals surface area contributed by atoms with E-state index in [-0.39, 0.29) is 11.5 Å². The van der Waals surface area contributed by atoms with Gasteiger partial charge in [-0.15, -0.1) is 0 Å². The van der Waals surface area contributed by atoms with Gasteiger partial charge in [-0.2, -0.15) is 0 Å². The second kappa shape index (κ2) is 8.91. The van der Waals surface area contributed by atoms with E-state index in [9.17, 15) is 14.4 Å². The summed E-state index contributed by atoms with van der Waals surface area (Å²) in [5.41, 5.74) is 2.67. The highest BCUT2D eigenvalue weighted by molar-refractivity contribution is 5.92. The van der Waals surface area contributed by atoms with E-state index in [1.54, 1.807) is 26.1 Å². The van der Waals surface area contributed by atoms with Crippen molar-refractivity contribution in [1.29, 1.82) is 0 Å². The summed E-state index contributed by atoms with van der Waals surface area (Å²) in [5.74, 6) is -0.192. The lowest BCUT2D eigenvalue weighted by atomic mass is 10.2. The van der Waals surface area contributed by atoms with E-state index in [0.717, 1.165) is 43.3 Å². The number of amides is 1. The summed E-state index contributed by atoms with van der Waals surface area (Å²) in [4.78, 5) is 52.5. The normalized spacial score (nSPS) is 14.7. The fraction of sp³-hybridized carbons (Fsp3) is 0.409. The second-order valence-electron chi connectivity index (χ2n) is 7.82. The van der Waals surface area contributed by atoms with E-state index in [1.165, 1.54) is 4.57 Å². The number of aromatic nitrogens is 4. The number of pyridine rings is 2. The standard InChI is InChI=1S/C22H27N7O3/c1-4-29-21(31)16-6-5-15(25-19(16)26-22(29)32)13-27-9-11-28(12-10-27)18-8-7-17(20(30)23-3)24-14(18)2/h5-8H,4,9-13H2,1-3H3,(H,23,30)(H,25,26,32). The average Bonchev–Trinajstić information content (AvgIpc) is 2.79. The molecule has 10 nitrogen and oxygen atoms in total. The first-order valence-corrected chi connectivity index (χ1v) is 10.7. The van der Waals surface area contributed by atoms with Gasteiger partial charge >= 0.3 is 5.69 Å². The third-order valence-electron chi connectivity index (χ3n) is 5.83. The van der Waals surface area contributed by atoms with Gasteiger partial charge in [0.15, 0.2) is 0 Å². The Morgan fingerprint density at radius 3 is 2.50 bits per heavy atom. The predicted molar refractivity (Wildman–Crippen MR) is 122 cm³/mol. The van der Waals surface area contributed by atoms with Crippen molar-refractivity contribution in [1.82, 2.24) is 29.7 Å². The summed E-state index contributed by atoms with van der Waals surface area (Å²) < 4.78 is 1.17. The molecule has 0 unspecified atom stereocenters. The predicted octanol–water partition coefficient (Wildman–Crippen LogP) is 0.490. The smallest absolute Gasteiger partial charge is 0.329 e. The number of piperazine rings is 1. The molecule has 1 saturated heterocycles. The van der Waals surface area contributed by atoms with Crippen LogP contribution in [0.25, 0.3) is 11.0 Å². The molecule has 32 heavy (non-hydrogen) atoms. The number of nitrogens with zero attached hydrogens (tertiary/aromatic N) is 5. The molecule has 10 heteroatoms. The highest BCUT2D eigenvalue weighted by atomic mass is 16.2. The molecule has 4 heterocycles. The molecule has 3 aromatic heterocycles. The second-order valence-corrected chi connectivity index (χ2v) is 7.82. The lowest BCUT2D eigenvalue weighted by Crippen LogP contribution is -2.46. The maximum Gasteiger partial charge on any atom is 0.329 e. The van der Waals surface area contributed by atoms with E-state index < -0.39 is 5.69 Å². The molecule has 1 aliphatic heterocycles. The van der Waals surface area contributed by atoms with E-state index >= 15 is 0 Å². The van der Waals surface area contributed by atoms with Crippen LogP contribution in [0.2, 0.25) is 0 Å². The number of carbonyl (C=O) groups is 1. The number of aromatic amines is 1. The van der Waals surface area contributed by atoms with Gasteiger partial charge in [-0.25, -0.2) is 14.8 Å². The Morgan fingerprint density at radius 1 is 1.09 bits per heavy atom. The molecule has 168 valence electrons.